The molecule has 94 valence electrons. The van der Waals surface area contributed by atoms with Crippen LogP contribution in [0.4, 0.5) is 5.95 Å². The van der Waals surface area contributed by atoms with Crippen molar-refractivity contribution < 1.29 is 0 Å². The van der Waals surface area contributed by atoms with Gasteiger partial charge in [-0.2, -0.15) is 0 Å². The fourth-order valence-electron chi connectivity index (χ4n) is 2.50. The quantitative estimate of drug-likeness (QED) is 0.866. The van der Waals surface area contributed by atoms with E-state index in [-0.39, 0.29) is 0 Å². The Morgan fingerprint density at radius 3 is 3.06 bits per heavy atom. The first-order valence-corrected chi connectivity index (χ1v) is 6.46. The lowest BCUT2D eigenvalue weighted by atomic mass is 10.2. The summed E-state index contributed by atoms with van der Waals surface area (Å²) in [4.78, 5) is 11.2. The van der Waals surface area contributed by atoms with E-state index in [0.29, 0.717) is 12.1 Å². The minimum Gasteiger partial charge on any atom is -0.353 e. The summed E-state index contributed by atoms with van der Waals surface area (Å²) < 4.78 is 0. The van der Waals surface area contributed by atoms with E-state index in [1.807, 2.05) is 13.0 Å². The number of likely N-dealkylation sites (tertiary alicyclic amines) is 1. The maximum Gasteiger partial charge on any atom is 0.222 e. The van der Waals surface area contributed by atoms with Crippen molar-refractivity contribution in [1.29, 1.82) is 0 Å². The number of nitrogens with zero attached hydrogens (tertiary/aromatic N) is 3. The molecular formula is C13H22N4. The van der Waals surface area contributed by atoms with Crippen LogP contribution in [0.1, 0.15) is 32.4 Å². The van der Waals surface area contributed by atoms with Crippen LogP contribution in [0.2, 0.25) is 0 Å². The van der Waals surface area contributed by atoms with Gasteiger partial charge in [-0.15, -0.1) is 0 Å². The zero-order valence-electron chi connectivity index (χ0n) is 11.0. The topological polar surface area (TPSA) is 41.1 Å². The van der Waals surface area contributed by atoms with E-state index in [1.165, 1.54) is 19.4 Å². The second-order valence-corrected chi connectivity index (χ2v) is 5.03. The molecule has 4 nitrogen and oxygen atoms in total. The Morgan fingerprint density at radius 2 is 2.35 bits per heavy atom. The summed E-state index contributed by atoms with van der Waals surface area (Å²) in [6.07, 6.45) is 4.38. The van der Waals surface area contributed by atoms with Crippen molar-refractivity contribution in [3.8, 4) is 0 Å². The minimum absolute atomic E-state index is 0.624. The summed E-state index contributed by atoms with van der Waals surface area (Å²) in [5, 5.41) is 3.35. The number of hydrogen-bond donors (Lipinski definition) is 1. The van der Waals surface area contributed by atoms with Gasteiger partial charge in [-0.1, -0.05) is 0 Å². The smallest absolute Gasteiger partial charge is 0.222 e. The fourth-order valence-corrected chi connectivity index (χ4v) is 2.50. The van der Waals surface area contributed by atoms with Crippen LogP contribution in [0.15, 0.2) is 12.3 Å². The molecule has 0 bridgehead atoms. The molecule has 1 fully saturated rings. The number of nitrogens with one attached hydrogen (secondary N) is 1. The van der Waals surface area contributed by atoms with Crippen LogP contribution in [-0.2, 0) is 0 Å². The van der Waals surface area contributed by atoms with E-state index in [1.54, 1.807) is 6.20 Å². The van der Waals surface area contributed by atoms with Gasteiger partial charge in [0, 0.05) is 30.5 Å². The van der Waals surface area contributed by atoms with Gasteiger partial charge in [-0.25, -0.2) is 9.97 Å². The molecule has 1 aliphatic rings. The second-order valence-electron chi connectivity index (χ2n) is 5.03. The van der Waals surface area contributed by atoms with Gasteiger partial charge < -0.3 is 5.32 Å². The Kier molecular flexibility index (Phi) is 3.94. The number of rotatable bonds is 4. The lowest BCUT2D eigenvalue weighted by Crippen LogP contribution is -2.39. The zero-order valence-corrected chi connectivity index (χ0v) is 11.0. The van der Waals surface area contributed by atoms with Gasteiger partial charge in [-0.05, 0) is 46.2 Å². The Hall–Kier alpha value is -1.16. The third-order valence-electron chi connectivity index (χ3n) is 3.38. The Balaban J connectivity index is 1.89. The molecule has 0 radical (unpaired) electrons. The van der Waals surface area contributed by atoms with Gasteiger partial charge in [-0.3, -0.25) is 4.90 Å². The number of anilines is 1. The van der Waals surface area contributed by atoms with E-state index >= 15 is 0 Å². The van der Waals surface area contributed by atoms with Gasteiger partial charge in [0.25, 0.3) is 0 Å². The molecule has 1 atom stereocenters. The molecule has 2 heterocycles. The van der Waals surface area contributed by atoms with Crippen molar-refractivity contribution in [3.05, 3.63) is 18.0 Å². The third-order valence-corrected chi connectivity index (χ3v) is 3.38. The van der Waals surface area contributed by atoms with E-state index in [2.05, 4.69) is 34.0 Å². The predicted molar refractivity (Wildman–Crippen MR) is 70.1 cm³/mol. The predicted octanol–water partition coefficient (Wildman–Crippen LogP) is 2.07. The van der Waals surface area contributed by atoms with Crippen LogP contribution in [-0.4, -0.2) is 40.0 Å². The molecule has 0 unspecified atom stereocenters. The Bertz CT molecular complexity index is 364. The van der Waals surface area contributed by atoms with Gasteiger partial charge >= 0.3 is 0 Å². The van der Waals surface area contributed by atoms with Crippen LogP contribution >= 0.6 is 0 Å². The summed E-state index contributed by atoms with van der Waals surface area (Å²) in [5.41, 5.74) is 1.01. The van der Waals surface area contributed by atoms with Crippen LogP contribution in [0.5, 0.6) is 0 Å². The third kappa shape index (κ3) is 3.16. The highest BCUT2D eigenvalue weighted by atomic mass is 15.2. The molecule has 17 heavy (non-hydrogen) atoms. The molecular weight excluding hydrogens is 212 g/mol. The van der Waals surface area contributed by atoms with E-state index in [4.69, 9.17) is 0 Å². The molecule has 1 saturated heterocycles. The normalized spacial score (nSPS) is 21.1. The summed E-state index contributed by atoms with van der Waals surface area (Å²) >= 11 is 0. The number of aryl methyl sites for hydroxylation is 1. The van der Waals surface area contributed by atoms with E-state index in [9.17, 15) is 0 Å². The molecule has 0 saturated carbocycles. The molecule has 0 amide bonds. The zero-order chi connectivity index (χ0) is 12.3. The second kappa shape index (κ2) is 5.45. The largest absolute Gasteiger partial charge is 0.353 e. The van der Waals surface area contributed by atoms with Crippen LogP contribution in [0.25, 0.3) is 0 Å². The maximum absolute atomic E-state index is 4.36. The van der Waals surface area contributed by atoms with Crippen LogP contribution < -0.4 is 5.32 Å². The molecule has 0 spiro atoms. The standard InChI is InChI=1S/C13H22N4/c1-10(2)17-8-4-5-12(17)9-15-13-14-7-6-11(3)16-13/h6-7,10,12H,4-5,8-9H2,1-3H3,(H,14,15,16)/t12-/m1/s1. The van der Waals surface area contributed by atoms with Crippen molar-refractivity contribution in [2.75, 3.05) is 18.4 Å². The van der Waals surface area contributed by atoms with Crippen LogP contribution in [0.3, 0.4) is 0 Å². The summed E-state index contributed by atoms with van der Waals surface area (Å²) in [7, 11) is 0. The van der Waals surface area contributed by atoms with Gasteiger partial charge in [0.05, 0.1) is 0 Å². The highest BCUT2D eigenvalue weighted by molar-refractivity contribution is 5.25. The first kappa shape index (κ1) is 12.3. The van der Waals surface area contributed by atoms with E-state index in [0.717, 1.165) is 18.2 Å². The molecule has 0 aliphatic carbocycles. The molecule has 1 N–H and O–H groups in total. The Labute approximate surface area is 103 Å². The van der Waals surface area contributed by atoms with Gasteiger partial charge in [0.1, 0.15) is 0 Å². The molecule has 2 rings (SSSR count). The fraction of sp³-hybridized carbons (Fsp3) is 0.692. The molecule has 0 aromatic carbocycles. The highest BCUT2D eigenvalue weighted by Crippen LogP contribution is 2.19. The first-order valence-electron chi connectivity index (χ1n) is 6.46. The van der Waals surface area contributed by atoms with Crippen molar-refractivity contribution in [3.63, 3.8) is 0 Å². The molecule has 1 aromatic heterocycles. The number of hydrogen-bond acceptors (Lipinski definition) is 4. The van der Waals surface area contributed by atoms with Crippen molar-refractivity contribution >= 4 is 5.95 Å². The molecule has 1 aromatic rings. The van der Waals surface area contributed by atoms with Crippen LogP contribution in [0, 0.1) is 6.92 Å². The van der Waals surface area contributed by atoms with Crippen molar-refractivity contribution in [2.24, 2.45) is 0 Å². The summed E-state index contributed by atoms with van der Waals surface area (Å²) in [6.45, 7) is 8.69. The van der Waals surface area contributed by atoms with Gasteiger partial charge in [0.15, 0.2) is 0 Å². The molecule has 4 heteroatoms. The first-order chi connectivity index (χ1) is 8.16. The monoisotopic (exact) mass is 234 g/mol. The summed E-state index contributed by atoms with van der Waals surface area (Å²) in [6, 6.07) is 3.17. The van der Waals surface area contributed by atoms with E-state index < -0.39 is 0 Å². The average molecular weight is 234 g/mol. The highest BCUT2D eigenvalue weighted by Gasteiger charge is 2.26. The summed E-state index contributed by atoms with van der Waals surface area (Å²) in [5.74, 6) is 0.751. The number of aromatic nitrogens is 2. The minimum atomic E-state index is 0.624. The van der Waals surface area contributed by atoms with Crippen molar-refractivity contribution in [1.82, 2.24) is 14.9 Å². The maximum atomic E-state index is 4.36. The Morgan fingerprint density at radius 1 is 1.53 bits per heavy atom. The lowest BCUT2D eigenvalue weighted by Gasteiger charge is -2.28. The average Bonchev–Trinajstić information content (AvgIpc) is 2.74. The van der Waals surface area contributed by atoms with Gasteiger partial charge in [0.2, 0.25) is 5.95 Å². The molecule has 1 aliphatic heterocycles. The van der Waals surface area contributed by atoms with Crippen molar-refractivity contribution in [2.45, 2.75) is 45.7 Å². The SMILES string of the molecule is Cc1ccnc(NC[C@H]2CCCN2C(C)C)n1. The lowest BCUT2D eigenvalue weighted by molar-refractivity contribution is 0.211.